The first-order chi connectivity index (χ1) is 10.6. The van der Waals surface area contributed by atoms with Crippen LogP contribution in [0.2, 0.25) is 5.15 Å². The minimum atomic E-state index is -3.21. The molecule has 2 atom stereocenters. The SMILES string of the molecule is O=S(=O)(CCc1ccc(Cl)nc1)N1CCC1C1CCCOC1. The van der Waals surface area contributed by atoms with E-state index in [2.05, 4.69) is 4.98 Å². The van der Waals surface area contributed by atoms with Crippen LogP contribution in [0.4, 0.5) is 0 Å². The number of nitrogens with zero attached hydrogens (tertiary/aromatic N) is 2. The van der Waals surface area contributed by atoms with E-state index in [0.29, 0.717) is 30.6 Å². The molecule has 0 radical (unpaired) electrons. The van der Waals surface area contributed by atoms with Crippen LogP contribution in [0.25, 0.3) is 0 Å². The van der Waals surface area contributed by atoms with Gasteiger partial charge in [0.1, 0.15) is 5.15 Å². The average Bonchev–Trinajstić information content (AvgIpc) is 2.46. The molecule has 0 aliphatic carbocycles. The molecule has 1 aromatic heterocycles. The monoisotopic (exact) mass is 344 g/mol. The second-order valence-electron chi connectivity index (χ2n) is 6.00. The van der Waals surface area contributed by atoms with Gasteiger partial charge in [0.05, 0.1) is 12.4 Å². The van der Waals surface area contributed by atoms with Gasteiger partial charge >= 0.3 is 0 Å². The van der Waals surface area contributed by atoms with Crippen molar-refractivity contribution < 1.29 is 13.2 Å². The number of halogens is 1. The molecular weight excluding hydrogens is 324 g/mol. The summed E-state index contributed by atoms with van der Waals surface area (Å²) < 4.78 is 32.3. The summed E-state index contributed by atoms with van der Waals surface area (Å²) in [4.78, 5) is 3.99. The summed E-state index contributed by atoms with van der Waals surface area (Å²) in [6.07, 6.45) is 5.16. The number of rotatable bonds is 5. The molecule has 0 N–H and O–H groups in total. The minimum absolute atomic E-state index is 0.125. The standard InChI is InChI=1S/C15H21ClN2O3S/c16-15-4-3-12(10-17-15)6-9-22(19,20)18-7-5-14(18)13-2-1-8-21-11-13/h3-4,10,13-14H,1-2,5-9,11H2. The predicted molar refractivity (Wildman–Crippen MR) is 85.4 cm³/mol. The molecule has 2 aliphatic rings. The number of pyridine rings is 1. The van der Waals surface area contributed by atoms with Crippen LogP contribution in [0.15, 0.2) is 18.3 Å². The van der Waals surface area contributed by atoms with Gasteiger partial charge in [0.2, 0.25) is 10.0 Å². The maximum absolute atomic E-state index is 12.5. The van der Waals surface area contributed by atoms with Crippen molar-refractivity contribution in [2.45, 2.75) is 31.7 Å². The Morgan fingerprint density at radius 2 is 2.23 bits per heavy atom. The van der Waals surface area contributed by atoms with Gasteiger partial charge in [-0.3, -0.25) is 0 Å². The summed E-state index contributed by atoms with van der Waals surface area (Å²) in [6, 6.07) is 3.65. The van der Waals surface area contributed by atoms with Gasteiger partial charge < -0.3 is 4.74 Å². The minimum Gasteiger partial charge on any atom is -0.381 e. The molecule has 0 bridgehead atoms. The molecule has 0 aromatic carbocycles. The van der Waals surface area contributed by atoms with E-state index in [1.807, 2.05) is 6.07 Å². The van der Waals surface area contributed by atoms with Crippen molar-refractivity contribution in [3.63, 3.8) is 0 Å². The van der Waals surface area contributed by atoms with Crippen LogP contribution in [0, 0.1) is 5.92 Å². The van der Waals surface area contributed by atoms with E-state index in [0.717, 1.165) is 31.4 Å². The lowest BCUT2D eigenvalue weighted by Gasteiger charge is -2.45. The van der Waals surface area contributed by atoms with Gasteiger partial charge in [-0.2, -0.15) is 4.31 Å². The number of aryl methyl sites for hydroxylation is 1. The molecule has 2 aliphatic heterocycles. The molecule has 0 saturated carbocycles. The molecule has 2 unspecified atom stereocenters. The molecule has 1 aromatic rings. The highest BCUT2D eigenvalue weighted by molar-refractivity contribution is 7.89. The summed E-state index contributed by atoms with van der Waals surface area (Å²) in [5.74, 6) is 0.481. The second kappa shape index (κ2) is 6.83. The Balaban J connectivity index is 1.59. The second-order valence-corrected chi connectivity index (χ2v) is 8.43. The fourth-order valence-electron chi connectivity index (χ4n) is 3.19. The van der Waals surface area contributed by atoms with Crippen molar-refractivity contribution >= 4 is 21.6 Å². The Morgan fingerprint density at radius 1 is 1.36 bits per heavy atom. The van der Waals surface area contributed by atoms with E-state index in [4.69, 9.17) is 16.3 Å². The van der Waals surface area contributed by atoms with Crippen LogP contribution < -0.4 is 0 Å². The van der Waals surface area contributed by atoms with Crippen molar-refractivity contribution in [1.29, 1.82) is 0 Å². The maximum Gasteiger partial charge on any atom is 0.214 e. The smallest absolute Gasteiger partial charge is 0.214 e. The normalized spacial score (nSPS) is 26.6. The zero-order chi connectivity index (χ0) is 15.6. The lowest BCUT2D eigenvalue weighted by atomic mass is 9.87. The van der Waals surface area contributed by atoms with Crippen molar-refractivity contribution in [2.24, 2.45) is 5.92 Å². The molecule has 3 rings (SSSR count). The summed E-state index contributed by atoms with van der Waals surface area (Å²) >= 11 is 5.74. The van der Waals surface area contributed by atoms with Crippen LogP contribution in [0.1, 0.15) is 24.8 Å². The van der Waals surface area contributed by atoms with Gasteiger partial charge in [-0.25, -0.2) is 13.4 Å². The number of hydrogen-bond donors (Lipinski definition) is 0. The highest BCUT2D eigenvalue weighted by Gasteiger charge is 2.42. The summed E-state index contributed by atoms with van der Waals surface area (Å²) in [5, 5.41) is 0.423. The molecule has 3 heterocycles. The van der Waals surface area contributed by atoms with Crippen molar-refractivity contribution in [1.82, 2.24) is 9.29 Å². The maximum atomic E-state index is 12.5. The first kappa shape index (κ1) is 16.2. The highest BCUT2D eigenvalue weighted by atomic mass is 35.5. The van der Waals surface area contributed by atoms with Crippen LogP contribution in [-0.4, -0.2) is 49.3 Å². The van der Waals surface area contributed by atoms with E-state index in [-0.39, 0.29) is 11.8 Å². The van der Waals surface area contributed by atoms with E-state index in [1.54, 1.807) is 16.6 Å². The quantitative estimate of drug-likeness (QED) is 0.768. The molecule has 0 amide bonds. The van der Waals surface area contributed by atoms with Gasteiger partial charge in [-0.05, 0) is 43.2 Å². The van der Waals surface area contributed by atoms with Crippen LogP contribution in [0.5, 0.6) is 0 Å². The summed E-state index contributed by atoms with van der Waals surface area (Å²) in [5.41, 5.74) is 0.894. The van der Waals surface area contributed by atoms with Crippen molar-refractivity contribution in [3.05, 3.63) is 29.0 Å². The zero-order valence-electron chi connectivity index (χ0n) is 12.4. The number of hydrogen-bond acceptors (Lipinski definition) is 4. The van der Waals surface area contributed by atoms with E-state index in [1.165, 1.54) is 0 Å². The van der Waals surface area contributed by atoms with E-state index >= 15 is 0 Å². The zero-order valence-corrected chi connectivity index (χ0v) is 14.0. The van der Waals surface area contributed by atoms with E-state index in [9.17, 15) is 8.42 Å². The van der Waals surface area contributed by atoms with Gasteiger partial charge in [0.25, 0.3) is 0 Å². The summed E-state index contributed by atoms with van der Waals surface area (Å²) in [6.45, 7) is 2.14. The van der Waals surface area contributed by atoms with Crippen LogP contribution in [-0.2, 0) is 21.2 Å². The lowest BCUT2D eigenvalue weighted by molar-refractivity contribution is 0.00233. The third kappa shape index (κ3) is 3.62. The third-order valence-electron chi connectivity index (χ3n) is 4.55. The largest absolute Gasteiger partial charge is 0.381 e. The Kier molecular flexibility index (Phi) is 5.02. The molecule has 22 heavy (non-hydrogen) atoms. The van der Waals surface area contributed by atoms with Gasteiger partial charge in [0, 0.05) is 25.4 Å². The Hall–Kier alpha value is -0.690. The Morgan fingerprint density at radius 3 is 2.82 bits per heavy atom. The average molecular weight is 345 g/mol. The van der Waals surface area contributed by atoms with Gasteiger partial charge in [-0.1, -0.05) is 17.7 Å². The molecule has 2 fully saturated rings. The third-order valence-corrected chi connectivity index (χ3v) is 6.66. The predicted octanol–water partition coefficient (Wildman–Crippen LogP) is 2.11. The topological polar surface area (TPSA) is 59.5 Å². The fraction of sp³-hybridized carbons (Fsp3) is 0.667. The first-order valence-corrected chi connectivity index (χ1v) is 9.73. The lowest BCUT2D eigenvalue weighted by Crippen LogP contribution is -2.56. The van der Waals surface area contributed by atoms with Gasteiger partial charge in [0.15, 0.2) is 0 Å². The van der Waals surface area contributed by atoms with Gasteiger partial charge in [-0.15, -0.1) is 0 Å². The molecule has 7 heteroatoms. The highest BCUT2D eigenvalue weighted by Crippen LogP contribution is 2.32. The van der Waals surface area contributed by atoms with Crippen molar-refractivity contribution in [3.8, 4) is 0 Å². The number of ether oxygens (including phenoxy) is 1. The molecule has 5 nitrogen and oxygen atoms in total. The Labute approximate surface area is 136 Å². The van der Waals surface area contributed by atoms with Crippen LogP contribution in [0.3, 0.4) is 0 Å². The fourth-order valence-corrected chi connectivity index (χ4v) is 5.10. The molecular formula is C15H21ClN2O3S. The first-order valence-electron chi connectivity index (χ1n) is 7.74. The number of aromatic nitrogens is 1. The number of sulfonamides is 1. The van der Waals surface area contributed by atoms with E-state index < -0.39 is 10.0 Å². The summed E-state index contributed by atoms with van der Waals surface area (Å²) in [7, 11) is -3.21. The molecule has 0 spiro atoms. The Bertz CT molecular complexity index is 600. The molecule has 122 valence electrons. The van der Waals surface area contributed by atoms with Crippen molar-refractivity contribution in [2.75, 3.05) is 25.5 Å². The molecule has 2 saturated heterocycles. The van der Waals surface area contributed by atoms with Crippen LogP contribution >= 0.6 is 11.6 Å².